The third kappa shape index (κ3) is 5.43. The minimum absolute atomic E-state index is 0.0958. The van der Waals surface area contributed by atoms with Crippen molar-refractivity contribution in [1.29, 1.82) is 5.26 Å². The second kappa shape index (κ2) is 9.85. The molecule has 0 aromatic heterocycles. The number of ether oxygens (including phenoxy) is 3. The molecule has 2 aromatic carbocycles. The third-order valence-electron chi connectivity index (χ3n) is 3.98. The molecule has 1 amide bonds. The van der Waals surface area contributed by atoms with Crippen LogP contribution in [0.3, 0.4) is 0 Å². The van der Waals surface area contributed by atoms with E-state index in [1.165, 1.54) is 20.3 Å². The van der Waals surface area contributed by atoms with Crippen LogP contribution in [0, 0.1) is 18.3 Å². The zero-order valence-corrected chi connectivity index (χ0v) is 17.8. The number of methoxy groups -OCH3 is 2. The van der Waals surface area contributed by atoms with E-state index in [2.05, 4.69) is 5.32 Å². The summed E-state index contributed by atoms with van der Waals surface area (Å²) in [6, 6.07) is 10.5. The second-order valence-electron chi connectivity index (χ2n) is 6.47. The first-order valence-corrected chi connectivity index (χ1v) is 9.29. The van der Waals surface area contributed by atoms with Crippen LogP contribution in [0.1, 0.15) is 25.0 Å². The van der Waals surface area contributed by atoms with Crippen molar-refractivity contribution in [2.24, 2.45) is 0 Å². The van der Waals surface area contributed by atoms with E-state index in [0.717, 1.165) is 5.56 Å². The van der Waals surface area contributed by atoms with Gasteiger partial charge in [-0.05, 0) is 44.5 Å². The SMILES string of the molecule is COc1cc(Cl)c(C)cc1NC(=O)/C(C#N)=C/c1cccc(OC)c1OC(C)C. The number of anilines is 1. The molecule has 0 aliphatic heterocycles. The van der Waals surface area contributed by atoms with Gasteiger partial charge in [-0.25, -0.2) is 0 Å². The van der Waals surface area contributed by atoms with Gasteiger partial charge in [-0.3, -0.25) is 4.79 Å². The number of rotatable bonds is 7. The number of nitrogens with zero attached hydrogens (tertiary/aromatic N) is 1. The van der Waals surface area contributed by atoms with Crippen LogP contribution in [0.4, 0.5) is 5.69 Å². The molecule has 1 N–H and O–H groups in total. The molecule has 0 saturated heterocycles. The lowest BCUT2D eigenvalue weighted by molar-refractivity contribution is -0.112. The van der Waals surface area contributed by atoms with E-state index < -0.39 is 5.91 Å². The summed E-state index contributed by atoms with van der Waals surface area (Å²) in [6.45, 7) is 5.57. The lowest BCUT2D eigenvalue weighted by Crippen LogP contribution is -2.14. The highest BCUT2D eigenvalue weighted by Crippen LogP contribution is 2.34. The molecule has 6 nitrogen and oxygen atoms in total. The number of carbonyl (C=O) groups is 1. The molecule has 2 rings (SSSR count). The molecule has 152 valence electrons. The maximum atomic E-state index is 12.7. The third-order valence-corrected chi connectivity index (χ3v) is 4.38. The van der Waals surface area contributed by atoms with Gasteiger partial charge >= 0.3 is 0 Å². The van der Waals surface area contributed by atoms with Crippen molar-refractivity contribution in [2.45, 2.75) is 26.9 Å². The van der Waals surface area contributed by atoms with Gasteiger partial charge in [-0.15, -0.1) is 0 Å². The van der Waals surface area contributed by atoms with Gasteiger partial charge < -0.3 is 19.5 Å². The molecule has 0 fully saturated rings. The number of nitrogens with one attached hydrogen (secondary N) is 1. The average Bonchev–Trinajstić information content (AvgIpc) is 2.69. The number of nitriles is 1. The molecule has 0 saturated carbocycles. The van der Waals surface area contributed by atoms with Gasteiger partial charge in [-0.1, -0.05) is 23.7 Å². The van der Waals surface area contributed by atoms with E-state index in [0.29, 0.717) is 33.5 Å². The van der Waals surface area contributed by atoms with Crippen LogP contribution in [0.2, 0.25) is 5.02 Å². The largest absolute Gasteiger partial charge is 0.495 e. The van der Waals surface area contributed by atoms with E-state index in [1.807, 2.05) is 26.8 Å². The Labute approximate surface area is 175 Å². The Bertz CT molecular complexity index is 978. The summed E-state index contributed by atoms with van der Waals surface area (Å²) in [4.78, 5) is 12.7. The topological polar surface area (TPSA) is 80.6 Å². The lowest BCUT2D eigenvalue weighted by atomic mass is 10.1. The van der Waals surface area contributed by atoms with Gasteiger partial charge in [-0.2, -0.15) is 5.26 Å². The van der Waals surface area contributed by atoms with Crippen molar-refractivity contribution in [3.63, 3.8) is 0 Å². The molecular weight excluding hydrogens is 392 g/mol. The minimum Gasteiger partial charge on any atom is -0.495 e. The predicted octanol–water partition coefficient (Wildman–Crippen LogP) is 5.00. The summed E-state index contributed by atoms with van der Waals surface area (Å²) >= 11 is 6.10. The first kappa shape index (κ1) is 22.1. The first-order chi connectivity index (χ1) is 13.8. The molecule has 0 radical (unpaired) electrons. The Morgan fingerprint density at radius 3 is 2.48 bits per heavy atom. The van der Waals surface area contributed by atoms with Gasteiger partial charge in [0.25, 0.3) is 5.91 Å². The predicted molar refractivity (Wildman–Crippen MR) is 114 cm³/mol. The Morgan fingerprint density at radius 1 is 1.21 bits per heavy atom. The zero-order valence-electron chi connectivity index (χ0n) is 17.0. The van der Waals surface area contributed by atoms with Crippen LogP contribution in [-0.2, 0) is 4.79 Å². The molecular formula is C22H23ClN2O4. The van der Waals surface area contributed by atoms with E-state index in [-0.39, 0.29) is 11.7 Å². The van der Waals surface area contributed by atoms with Gasteiger partial charge in [0.15, 0.2) is 11.5 Å². The summed E-state index contributed by atoms with van der Waals surface area (Å²) in [5, 5.41) is 12.8. The number of benzene rings is 2. The number of halogens is 1. The fourth-order valence-electron chi connectivity index (χ4n) is 2.59. The van der Waals surface area contributed by atoms with Crippen molar-refractivity contribution in [1.82, 2.24) is 0 Å². The van der Waals surface area contributed by atoms with Crippen LogP contribution in [0.25, 0.3) is 6.08 Å². The maximum absolute atomic E-state index is 12.7. The summed E-state index contributed by atoms with van der Waals surface area (Å²) in [5.74, 6) is 0.799. The van der Waals surface area contributed by atoms with Crippen molar-refractivity contribution in [2.75, 3.05) is 19.5 Å². The molecule has 0 heterocycles. The second-order valence-corrected chi connectivity index (χ2v) is 6.88. The molecule has 0 aliphatic rings. The fraction of sp³-hybridized carbons (Fsp3) is 0.273. The van der Waals surface area contributed by atoms with Crippen molar-refractivity contribution >= 4 is 29.3 Å². The van der Waals surface area contributed by atoms with Crippen molar-refractivity contribution in [3.8, 4) is 23.3 Å². The normalized spacial score (nSPS) is 11.0. The van der Waals surface area contributed by atoms with Crippen molar-refractivity contribution in [3.05, 3.63) is 52.1 Å². The number of hydrogen-bond donors (Lipinski definition) is 1. The molecule has 0 atom stereocenters. The van der Waals surface area contributed by atoms with E-state index in [4.69, 9.17) is 25.8 Å². The Balaban J connectivity index is 2.42. The number of carbonyl (C=O) groups excluding carboxylic acids is 1. The smallest absolute Gasteiger partial charge is 0.266 e. The monoisotopic (exact) mass is 414 g/mol. The molecule has 2 aromatic rings. The maximum Gasteiger partial charge on any atom is 0.266 e. The highest BCUT2D eigenvalue weighted by molar-refractivity contribution is 6.31. The van der Waals surface area contributed by atoms with Crippen LogP contribution in [0.15, 0.2) is 35.9 Å². The fourth-order valence-corrected chi connectivity index (χ4v) is 2.75. The van der Waals surface area contributed by atoms with Crippen molar-refractivity contribution < 1.29 is 19.0 Å². The first-order valence-electron chi connectivity index (χ1n) is 8.91. The zero-order chi connectivity index (χ0) is 21.6. The Kier molecular flexibility index (Phi) is 7.52. The summed E-state index contributed by atoms with van der Waals surface area (Å²) in [6.07, 6.45) is 1.35. The van der Waals surface area contributed by atoms with Crippen LogP contribution in [0.5, 0.6) is 17.2 Å². The Hall–Kier alpha value is -3.17. The van der Waals surface area contributed by atoms with E-state index in [1.54, 1.807) is 30.3 Å². The molecule has 0 spiro atoms. The van der Waals surface area contributed by atoms with E-state index >= 15 is 0 Å². The number of para-hydroxylation sites is 1. The van der Waals surface area contributed by atoms with E-state index in [9.17, 15) is 10.1 Å². The average molecular weight is 415 g/mol. The minimum atomic E-state index is -0.578. The molecule has 7 heteroatoms. The summed E-state index contributed by atoms with van der Waals surface area (Å²) in [7, 11) is 3.01. The number of aryl methyl sites for hydroxylation is 1. The molecule has 0 bridgehead atoms. The number of amides is 1. The van der Waals surface area contributed by atoms with Crippen LogP contribution < -0.4 is 19.5 Å². The molecule has 29 heavy (non-hydrogen) atoms. The summed E-state index contributed by atoms with van der Waals surface area (Å²) < 4.78 is 16.4. The standard InChI is InChI=1S/C22H23ClN2O4/c1-13(2)29-21-15(7-6-8-19(21)27-4)10-16(12-24)22(26)25-18-9-14(3)17(23)11-20(18)28-5/h6-11,13H,1-5H3,(H,25,26)/b16-10+. The lowest BCUT2D eigenvalue weighted by Gasteiger charge is -2.16. The van der Waals surface area contributed by atoms with Gasteiger partial charge in [0.05, 0.1) is 26.0 Å². The van der Waals surface area contributed by atoms with Gasteiger partial charge in [0.2, 0.25) is 0 Å². The van der Waals surface area contributed by atoms with Crippen LogP contribution >= 0.6 is 11.6 Å². The van der Waals surface area contributed by atoms with Gasteiger partial charge in [0, 0.05) is 16.7 Å². The van der Waals surface area contributed by atoms with Crippen LogP contribution in [-0.4, -0.2) is 26.2 Å². The van der Waals surface area contributed by atoms with Gasteiger partial charge in [0.1, 0.15) is 17.4 Å². The quantitative estimate of drug-likeness (QED) is 0.509. The highest BCUT2D eigenvalue weighted by atomic mass is 35.5. The highest BCUT2D eigenvalue weighted by Gasteiger charge is 2.17. The molecule has 0 unspecified atom stereocenters. The number of hydrogen-bond acceptors (Lipinski definition) is 5. The summed E-state index contributed by atoms with van der Waals surface area (Å²) in [5.41, 5.74) is 1.65. The Morgan fingerprint density at radius 2 is 1.90 bits per heavy atom. The molecule has 0 aliphatic carbocycles.